The Morgan fingerprint density at radius 3 is 2.71 bits per heavy atom. The summed E-state index contributed by atoms with van der Waals surface area (Å²) in [6.07, 6.45) is 0.459. The number of nitrogens with zero attached hydrogens (tertiary/aromatic N) is 1. The fourth-order valence-corrected chi connectivity index (χ4v) is 2.61. The van der Waals surface area contributed by atoms with Crippen molar-refractivity contribution < 1.29 is 24.2 Å². The van der Waals surface area contributed by atoms with Gasteiger partial charge in [-0.1, -0.05) is 0 Å². The summed E-state index contributed by atoms with van der Waals surface area (Å²) in [6, 6.07) is 5.12. The maximum atomic E-state index is 12.3. The number of methoxy groups -OCH3 is 1. The van der Waals surface area contributed by atoms with Crippen molar-refractivity contribution in [2.45, 2.75) is 20.3 Å². The molecule has 1 aromatic carbocycles. The van der Waals surface area contributed by atoms with Gasteiger partial charge in [-0.15, -0.1) is 0 Å². The lowest BCUT2D eigenvalue weighted by atomic mass is 9.90. The van der Waals surface area contributed by atoms with E-state index >= 15 is 0 Å². The molecular weight excluding hydrogens is 312 g/mol. The molecule has 1 heterocycles. The minimum absolute atomic E-state index is 0.214. The topological polar surface area (TPSA) is 88.1 Å². The summed E-state index contributed by atoms with van der Waals surface area (Å²) in [5, 5.41) is 12.1. The van der Waals surface area contributed by atoms with Crippen molar-refractivity contribution in [2.75, 3.05) is 38.7 Å². The van der Waals surface area contributed by atoms with Crippen molar-refractivity contribution >= 4 is 17.7 Å². The number of nitrogens with one attached hydrogen (secondary N) is 1. The Bertz CT molecular complexity index is 619. The van der Waals surface area contributed by atoms with E-state index in [1.165, 1.54) is 4.90 Å². The van der Waals surface area contributed by atoms with E-state index in [0.717, 1.165) is 5.56 Å². The fourth-order valence-electron chi connectivity index (χ4n) is 2.61. The second-order valence-electron chi connectivity index (χ2n) is 6.29. The molecule has 1 saturated heterocycles. The molecule has 0 radical (unpaired) electrons. The zero-order chi connectivity index (χ0) is 17.7. The average Bonchev–Trinajstić information content (AvgIpc) is 2.94. The summed E-state index contributed by atoms with van der Waals surface area (Å²) in [5.74, 6) is -0.159. The summed E-state index contributed by atoms with van der Waals surface area (Å²) >= 11 is 0. The van der Waals surface area contributed by atoms with Crippen LogP contribution in [0, 0.1) is 12.3 Å². The van der Waals surface area contributed by atoms with Crippen LogP contribution in [0.3, 0.4) is 0 Å². The molecule has 1 atom stereocenters. The fraction of sp³-hybridized carbons (Fsp3) is 0.529. The Morgan fingerprint density at radius 2 is 2.12 bits per heavy atom. The summed E-state index contributed by atoms with van der Waals surface area (Å²) in [7, 11) is 1.61. The molecule has 2 rings (SSSR count). The largest absolute Gasteiger partial charge is 0.491 e. The number of carboxylic acids is 1. The van der Waals surface area contributed by atoms with E-state index in [2.05, 4.69) is 5.32 Å². The number of rotatable bonds is 6. The highest BCUT2D eigenvalue weighted by molar-refractivity contribution is 5.91. The summed E-state index contributed by atoms with van der Waals surface area (Å²) in [5.41, 5.74) is 0.687. The van der Waals surface area contributed by atoms with Crippen LogP contribution in [0.5, 0.6) is 5.75 Å². The summed E-state index contributed by atoms with van der Waals surface area (Å²) in [6.45, 7) is 5.17. The Morgan fingerprint density at radius 1 is 1.38 bits per heavy atom. The van der Waals surface area contributed by atoms with Gasteiger partial charge < -0.3 is 24.8 Å². The highest BCUT2D eigenvalue weighted by atomic mass is 16.5. The van der Waals surface area contributed by atoms with Gasteiger partial charge in [0.2, 0.25) is 0 Å². The zero-order valence-corrected chi connectivity index (χ0v) is 14.3. The summed E-state index contributed by atoms with van der Waals surface area (Å²) in [4.78, 5) is 25.2. The second kappa shape index (κ2) is 7.53. The predicted molar refractivity (Wildman–Crippen MR) is 89.5 cm³/mol. The monoisotopic (exact) mass is 336 g/mol. The van der Waals surface area contributed by atoms with Crippen molar-refractivity contribution in [3.05, 3.63) is 23.8 Å². The number of anilines is 1. The molecule has 1 fully saturated rings. The predicted octanol–water partition coefficient (Wildman–Crippen LogP) is 2.35. The minimum atomic E-state index is -0.870. The lowest BCUT2D eigenvalue weighted by Crippen LogP contribution is -2.37. The summed E-state index contributed by atoms with van der Waals surface area (Å²) < 4.78 is 10.5. The van der Waals surface area contributed by atoms with Crippen LogP contribution in [0.15, 0.2) is 18.2 Å². The maximum absolute atomic E-state index is 12.3. The lowest BCUT2D eigenvalue weighted by molar-refractivity contribution is -0.146. The lowest BCUT2D eigenvalue weighted by Gasteiger charge is -2.21. The van der Waals surface area contributed by atoms with Crippen LogP contribution >= 0.6 is 0 Å². The number of hydrogen-bond donors (Lipinski definition) is 2. The van der Waals surface area contributed by atoms with Crippen LogP contribution in [-0.4, -0.2) is 55.4 Å². The molecule has 0 aromatic heterocycles. The minimum Gasteiger partial charge on any atom is -0.491 e. The van der Waals surface area contributed by atoms with Gasteiger partial charge in [-0.2, -0.15) is 0 Å². The molecule has 2 N–H and O–H groups in total. The van der Waals surface area contributed by atoms with Crippen LogP contribution in [0.1, 0.15) is 18.9 Å². The van der Waals surface area contributed by atoms with Gasteiger partial charge in [0.05, 0.1) is 12.0 Å². The number of hydrogen-bond acceptors (Lipinski definition) is 4. The van der Waals surface area contributed by atoms with E-state index in [4.69, 9.17) is 9.47 Å². The number of aryl methyl sites for hydroxylation is 1. The van der Waals surface area contributed by atoms with Crippen LogP contribution in [0.25, 0.3) is 0 Å². The van der Waals surface area contributed by atoms with E-state index in [1.54, 1.807) is 26.2 Å². The van der Waals surface area contributed by atoms with E-state index in [-0.39, 0.29) is 12.6 Å². The molecule has 24 heavy (non-hydrogen) atoms. The van der Waals surface area contributed by atoms with Gasteiger partial charge in [-0.3, -0.25) is 4.79 Å². The molecule has 7 nitrogen and oxygen atoms in total. The van der Waals surface area contributed by atoms with Gasteiger partial charge in [-0.25, -0.2) is 4.79 Å². The SMILES string of the molecule is COCCOc1ccc(NC(=O)N2CCC(C)(C(=O)O)C2)c(C)c1. The third-order valence-corrected chi connectivity index (χ3v) is 4.27. The molecule has 7 heteroatoms. The van der Waals surface area contributed by atoms with Crippen LogP contribution in [-0.2, 0) is 9.53 Å². The smallest absolute Gasteiger partial charge is 0.321 e. The molecule has 2 amide bonds. The van der Waals surface area contributed by atoms with Crippen molar-refractivity contribution in [3.63, 3.8) is 0 Å². The normalized spacial score (nSPS) is 20.0. The molecule has 0 aliphatic carbocycles. The maximum Gasteiger partial charge on any atom is 0.321 e. The quantitative estimate of drug-likeness (QED) is 0.779. The van der Waals surface area contributed by atoms with Gasteiger partial charge in [0.25, 0.3) is 0 Å². The number of carbonyl (C=O) groups excluding carboxylic acids is 1. The number of ether oxygens (including phenoxy) is 2. The van der Waals surface area contributed by atoms with Crippen LogP contribution in [0.4, 0.5) is 10.5 Å². The Labute approximate surface area is 141 Å². The first kappa shape index (κ1) is 18.1. The number of benzene rings is 1. The average molecular weight is 336 g/mol. The van der Waals surface area contributed by atoms with E-state index in [0.29, 0.717) is 37.6 Å². The number of amides is 2. The molecule has 0 spiro atoms. The Kier molecular flexibility index (Phi) is 5.66. The number of carbonyl (C=O) groups is 2. The van der Waals surface area contributed by atoms with Gasteiger partial charge >= 0.3 is 12.0 Å². The molecule has 0 bridgehead atoms. The molecule has 1 unspecified atom stereocenters. The van der Waals surface area contributed by atoms with Gasteiger partial charge in [0, 0.05) is 25.9 Å². The highest BCUT2D eigenvalue weighted by Crippen LogP contribution is 2.31. The molecule has 1 aromatic rings. The molecule has 132 valence electrons. The van der Waals surface area contributed by atoms with Gasteiger partial charge in [0.15, 0.2) is 0 Å². The van der Waals surface area contributed by atoms with E-state index in [1.807, 2.05) is 13.0 Å². The highest BCUT2D eigenvalue weighted by Gasteiger charge is 2.42. The van der Waals surface area contributed by atoms with Crippen molar-refractivity contribution in [1.29, 1.82) is 0 Å². The molecular formula is C17H24N2O5. The van der Waals surface area contributed by atoms with Crippen LogP contribution < -0.4 is 10.1 Å². The number of carboxylic acid groups (broad SMARTS) is 1. The van der Waals surface area contributed by atoms with Crippen molar-refractivity contribution in [2.24, 2.45) is 5.41 Å². The third-order valence-electron chi connectivity index (χ3n) is 4.27. The van der Waals surface area contributed by atoms with E-state index in [9.17, 15) is 14.7 Å². The number of likely N-dealkylation sites (tertiary alicyclic amines) is 1. The first-order chi connectivity index (χ1) is 11.4. The molecule has 1 aliphatic rings. The Hall–Kier alpha value is -2.28. The van der Waals surface area contributed by atoms with Crippen LogP contribution in [0.2, 0.25) is 0 Å². The Balaban J connectivity index is 1.96. The second-order valence-corrected chi connectivity index (χ2v) is 6.29. The standard InChI is InChI=1S/C17H24N2O5/c1-12-10-13(24-9-8-23-3)4-5-14(12)18-16(22)19-7-6-17(2,11-19)15(20)21/h4-5,10H,6-9,11H2,1-3H3,(H,18,22)(H,20,21). The zero-order valence-electron chi connectivity index (χ0n) is 14.3. The number of aliphatic carboxylic acids is 1. The first-order valence-corrected chi connectivity index (χ1v) is 7.87. The number of urea groups is 1. The third kappa shape index (κ3) is 4.17. The molecule has 1 aliphatic heterocycles. The van der Waals surface area contributed by atoms with Crippen molar-refractivity contribution in [1.82, 2.24) is 4.90 Å². The van der Waals surface area contributed by atoms with Crippen molar-refractivity contribution in [3.8, 4) is 5.75 Å². The van der Waals surface area contributed by atoms with E-state index < -0.39 is 11.4 Å². The first-order valence-electron chi connectivity index (χ1n) is 7.87. The van der Waals surface area contributed by atoms with Gasteiger partial charge in [-0.05, 0) is 44.0 Å². The van der Waals surface area contributed by atoms with Gasteiger partial charge in [0.1, 0.15) is 12.4 Å². The molecule has 0 saturated carbocycles.